The fourth-order valence-corrected chi connectivity index (χ4v) is 2.63. The Labute approximate surface area is 125 Å². The van der Waals surface area contributed by atoms with Crippen LogP contribution in [0.15, 0.2) is 24.3 Å². The van der Waals surface area contributed by atoms with Gasteiger partial charge in [0.25, 0.3) is 0 Å². The maximum Gasteiger partial charge on any atom is 0.231 e. The first-order chi connectivity index (χ1) is 10.0. The quantitative estimate of drug-likeness (QED) is 0.833. The van der Waals surface area contributed by atoms with Crippen molar-refractivity contribution in [2.24, 2.45) is 5.73 Å². The van der Waals surface area contributed by atoms with Crippen LogP contribution >= 0.6 is 0 Å². The number of likely N-dealkylation sites (tertiary alicyclic amines) is 1. The first-order valence-corrected chi connectivity index (χ1v) is 7.38. The molecule has 1 aromatic rings. The Hall–Kier alpha value is -1.88. The highest BCUT2D eigenvalue weighted by atomic mass is 16.2. The van der Waals surface area contributed by atoms with Gasteiger partial charge < -0.3 is 11.1 Å². The molecule has 0 unspecified atom stereocenters. The van der Waals surface area contributed by atoms with E-state index in [1.165, 1.54) is 5.56 Å². The molecule has 0 bridgehead atoms. The minimum absolute atomic E-state index is 0.0622. The van der Waals surface area contributed by atoms with Gasteiger partial charge in [-0.2, -0.15) is 0 Å². The van der Waals surface area contributed by atoms with Crippen LogP contribution in [0.1, 0.15) is 24.0 Å². The zero-order valence-corrected chi connectivity index (χ0v) is 12.5. The maximum absolute atomic E-state index is 12.0. The maximum atomic E-state index is 12.0. The van der Waals surface area contributed by atoms with Gasteiger partial charge in [0.1, 0.15) is 0 Å². The van der Waals surface area contributed by atoms with Crippen molar-refractivity contribution < 1.29 is 9.59 Å². The second kappa shape index (κ2) is 7.22. The van der Waals surface area contributed by atoms with E-state index in [0.29, 0.717) is 13.0 Å². The Morgan fingerprint density at radius 1 is 1.24 bits per heavy atom. The largest absolute Gasteiger partial charge is 0.369 e. The molecule has 0 spiro atoms. The monoisotopic (exact) mass is 289 g/mol. The number of aryl methyl sites for hydroxylation is 1. The molecule has 0 aliphatic carbocycles. The van der Waals surface area contributed by atoms with Gasteiger partial charge in [-0.05, 0) is 25.3 Å². The molecule has 3 N–H and O–H groups in total. The van der Waals surface area contributed by atoms with Crippen molar-refractivity contribution in [1.82, 2.24) is 10.2 Å². The van der Waals surface area contributed by atoms with E-state index in [0.717, 1.165) is 31.5 Å². The molecule has 1 heterocycles. The van der Waals surface area contributed by atoms with Crippen LogP contribution < -0.4 is 11.1 Å². The molecule has 1 aromatic carbocycles. The van der Waals surface area contributed by atoms with Crippen molar-refractivity contribution in [1.29, 1.82) is 0 Å². The van der Waals surface area contributed by atoms with Crippen molar-refractivity contribution >= 4 is 11.8 Å². The molecule has 2 amide bonds. The molecule has 1 aliphatic rings. The summed E-state index contributed by atoms with van der Waals surface area (Å²) in [6, 6.07) is 8.22. The lowest BCUT2D eigenvalue weighted by molar-refractivity contribution is -0.122. The minimum atomic E-state index is -0.295. The second-order valence-corrected chi connectivity index (χ2v) is 5.75. The van der Waals surface area contributed by atoms with Crippen LogP contribution in [-0.4, -0.2) is 42.4 Å². The molecule has 0 atom stereocenters. The average Bonchev–Trinajstić information content (AvgIpc) is 2.43. The van der Waals surface area contributed by atoms with Crippen LogP contribution in [0.3, 0.4) is 0 Å². The third kappa shape index (κ3) is 5.19. The summed E-state index contributed by atoms with van der Waals surface area (Å²) in [5, 5.41) is 3.07. The number of benzene rings is 1. The Kier molecular flexibility index (Phi) is 5.33. The van der Waals surface area contributed by atoms with E-state index in [2.05, 4.69) is 5.32 Å². The van der Waals surface area contributed by atoms with Gasteiger partial charge in [-0.3, -0.25) is 14.5 Å². The van der Waals surface area contributed by atoms with Crippen molar-refractivity contribution in [3.63, 3.8) is 0 Å². The molecule has 1 aliphatic heterocycles. The minimum Gasteiger partial charge on any atom is -0.369 e. The molecule has 114 valence electrons. The molecule has 1 fully saturated rings. The molecule has 5 nitrogen and oxygen atoms in total. The number of piperidine rings is 1. The molecule has 5 heteroatoms. The second-order valence-electron chi connectivity index (χ2n) is 5.75. The summed E-state index contributed by atoms with van der Waals surface area (Å²) in [6.45, 7) is 3.95. The van der Waals surface area contributed by atoms with E-state index in [1.54, 1.807) is 0 Å². The van der Waals surface area contributed by atoms with Gasteiger partial charge in [0.2, 0.25) is 11.8 Å². The fraction of sp³-hybridized carbons (Fsp3) is 0.500. The average molecular weight is 289 g/mol. The van der Waals surface area contributed by atoms with E-state index < -0.39 is 0 Å². The molecule has 2 rings (SSSR count). The van der Waals surface area contributed by atoms with E-state index in [4.69, 9.17) is 5.73 Å². The van der Waals surface area contributed by atoms with E-state index in [-0.39, 0.29) is 17.9 Å². The zero-order valence-electron chi connectivity index (χ0n) is 12.5. The summed E-state index contributed by atoms with van der Waals surface area (Å²) in [7, 11) is 0. The molecule has 21 heavy (non-hydrogen) atoms. The first kappa shape index (κ1) is 15.5. The highest BCUT2D eigenvalue weighted by Crippen LogP contribution is 2.10. The third-order valence-corrected chi connectivity index (χ3v) is 3.82. The van der Waals surface area contributed by atoms with Gasteiger partial charge in [-0.15, -0.1) is 0 Å². The lowest BCUT2D eigenvalue weighted by Gasteiger charge is -2.31. The fourth-order valence-electron chi connectivity index (χ4n) is 2.63. The van der Waals surface area contributed by atoms with Crippen LogP contribution in [0, 0.1) is 6.92 Å². The molecular weight excluding hydrogens is 266 g/mol. The summed E-state index contributed by atoms with van der Waals surface area (Å²) < 4.78 is 0. The normalized spacial score (nSPS) is 16.6. The van der Waals surface area contributed by atoms with Gasteiger partial charge in [-0.1, -0.05) is 29.8 Å². The number of carbonyl (C=O) groups is 2. The number of nitrogens with zero attached hydrogens (tertiary/aromatic N) is 1. The first-order valence-electron chi connectivity index (χ1n) is 7.38. The molecule has 0 aromatic heterocycles. The highest BCUT2D eigenvalue weighted by molar-refractivity contribution is 5.79. The lowest BCUT2D eigenvalue weighted by atomic mass is 10.0. The van der Waals surface area contributed by atoms with Crippen molar-refractivity contribution in [2.75, 3.05) is 19.6 Å². The molecule has 0 saturated carbocycles. The predicted molar refractivity (Wildman–Crippen MR) is 81.7 cm³/mol. The number of carbonyl (C=O) groups excluding carboxylic acids is 2. The van der Waals surface area contributed by atoms with E-state index in [9.17, 15) is 9.59 Å². The number of nitrogens with two attached hydrogens (primary N) is 1. The number of rotatable bonds is 5. The zero-order chi connectivity index (χ0) is 15.2. The highest BCUT2D eigenvalue weighted by Gasteiger charge is 2.21. The van der Waals surface area contributed by atoms with Gasteiger partial charge in [0.15, 0.2) is 0 Å². The van der Waals surface area contributed by atoms with Crippen LogP contribution in [0.5, 0.6) is 0 Å². The van der Waals surface area contributed by atoms with E-state index in [1.807, 2.05) is 36.1 Å². The predicted octanol–water partition coefficient (Wildman–Crippen LogP) is 0.603. The Bertz CT molecular complexity index is 491. The summed E-state index contributed by atoms with van der Waals surface area (Å²) in [5.41, 5.74) is 7.41. The summed E-state index contributed by atoms with van der Waals surface area (Å²) in [5.74, 6) is -0.232. The van der Waals surface area contributed by atoms with Gasteiger partial charge in [0, 0.05) is 19.1 Å². The summed E-state index contributed by atoms with van der Waals surface area (Å²) >= 11 is 0. The molecule has 1 saturated heterocycles. The number of amides is 2. The SMILES string of the molecule is Cc1ccc(CC(=O)NC2CCN(CC(N)=O)CC2)cc1. The van der Waals surface area contributed by atoms with Crippen LogP contribution in [-0.2, 0) is 16.0 Å². The molecular formula is C16H23N3O2. The number of hydrogen-bond acceptors (Lipinski definition) is 3. The Balaban J connectivity index is 1.74. The summed E-state index contributed by atoms with van der Waals surface area (Å²) in [4.78, 5) is 24.9. The van der Waals surface area contributed by atoms with Gasteiger partial charge >= 0.3 is 0 Å². The third-order valence-electron chi connectivity index (χ3n) is 3.82. The Morgan fingerprint density at radius 3 is 2.43 bits per heavy atom. The Morgan fingerprint density at radius 2 is 1.86 bits per heavy atom. The van der Waals surface area contributed by atoms with E-state index >= 15 is 0 Å². The van der Waals surface area contributed by atoms with Crippen LogP contribution in [0.4, 0.5) is 0 Å². The van der Waals surface area contributed by atoms with Crippen molar-refractivity contribution in [2.45, 2.75) is 32.2 Å². The molecule has 0 radical (unpaired) electrons. The standard InChI is InChI=1S/C16H23N3O2/c1-12-2-4-13(5-3-12)10-16(21)18-14-6-8-19(9-7-14)11-15(17)20/h2-5,14H,6-11H2,1H3,(H2,17,20)(H,18,21). The van der Waals surface area contributed by atoms with Crippen molar-refractivity contribution in [3.05, 3.63) is 35.4 Å². The smallest absolute Gasteiger partial charge is 0.231 e. The summed E-state index contributed by atoms with van der Waals surface area (Å²) in [6.07, 6.45) is 2.15. The number of primary amides is 1. The van der Waals surface area contributed by atoms with Crippen LogP contribution in [0.2, 0.25) is 0 Å². The number of nitrogens with one attached hydrogen (secondary N) is 1. The lowest BCUT2D eigenvalue weighted by Crippen LogP contribution is -2.47. The van der Waals surface area contributed by atoms with Gasteiger partial charge in [0.05, 0.1) is 13.0 Å². The van der Waals surface area contributed by atoms with Crippen LogP contribution in [0.25, 0.3) is 0 Å². The topological polar surface area (TPSA) is 75.4 Å². The van der Waals surface area contributed by atoms with Crippen molar-refractivity contribution in [3.8, 4) is 0 Å². The van der Waals surface area contributed by atoms with Gasteiger partial charge in [-0.25, -0.2) is 0 Å². The number of hydrogen-bond donors (Lipinski definition) is 2.